The molecule has 0 fully saturated rings. The lowest BCUT2D eigenvalue weighted by Crippen LogP contribution is -2.13. The molecule has 0 unspecified atom stereocenters. The molecule has 0 bridgehead atoms. The summed E-state index contributed by atoms with van der Waals surface area (Å²) in [5.41, 5.74) is 3.78. The zero-order chi connectivity index (χ0) is 21.3. The average molecular weight is 412 g/mol. The van der Waals surface area contributed by atoms with E-state index < -0.39 is 12.0 Å². The Bertz CT molecular complexity index is 1170. The second-order valence-corrected chi connectivity index (χ2v) is 6.80. The maximum Gasteiger partial charge on any atom is 0.451 e. The Morgan fingerprint density at radius 3 is 2.20 bits per heavy atom. The summed E-state index contributed by atoms with van der Waals surface area (Å²) in [6, 6.07) is 13.3. The van der Waals surface area contributed by atoms with Gasteiger partial charge < -0.3 is 5.32 Å². The second-order valence-electron chi connectivity index (χ2n) is 6.80. The number of nitrogens with zero attached hydrogens (tertiary/aromatic N) is 3. The zero-order valence-electron chi connectivity index (χ0n) is 15.8. The van der Waals surface area contributed by atoms with E-state index in [1.807, 2.05) is 25.1 Å². The summed E-state index contributed by atoms with van der Waals surface area (Å²) in [7, 11) is 0. The van der Waals surface area contributed by atoms with Gasteiger partial charge in [-0.1, -0.05) is 18.2 Å². The van der Waals surface area contributed by atoms with Crippen molar-refractivity contribution in [3.8, 4) is 11.1 Å². The van der Waals surface area contributed by atoms with E-state index in [1.165, 1.54) is 24.5 Å². The van der Waals surface area contributed by atoms with Crippen LogP contribution in [0.2, 0.25) is 0 Å². The molecule has 4 aromatic rings. The molecule has 0 spiro atoms. The standard InChI is InChI=1S/C22H16F4N4/c1-13(16-11-28-21(29-12-16)22(24,25)26)30-20-8-9-27-19-7-4-15(10-18(19)20)14-2-5-17(23)6-3-14/h2-13H,1H3,(H,27,30)/t13-/m1/s1. The van der Waals surface area contributed by atoms with E-state index in [4.69, 9.17) is 0 Å². The van der Waals surface area contributed by atoms with Crippen molar-refractivity contribution in [3.05, 3.63) is 84.3 Å². The normalized spacial score (nSPS) is 12.7. The minimum atomic E-state index is -4.58. The maximum absolute atomic E-state index is 13.2. The zero-order valence-corrected chi connectivity index (χ0v) is 15.8. The van der Waals surface area contributed by atoms with Gasteiger partial charge in [0.2, 0.25) is 5.82 Å². The predicted molar refractivity (Wildman–Crippen MR) is 106 cm³/mol. The first kappa shape index (κ1) is 19.8. The molecule has 0 aliphatic rings. The third-order valence-corrected chi connectivity index (χ3v) is 4.72. The van der Waals surface area contributed by atoms with Crippen molar-refractivity contribution < 1.29 is 17.6 Å². The molecule has 0 saturated heterocycles. The molecule has 0 aliphatic heterocycles. The summed E-state index contributed by atoms with van der Waals surface area (Å²) in [6.45, 7) is 1.81. The van der Waals surface area contributed by atoms with Gasteiger partial charge in [0.1, 0.15) is 5.82 Å². The number of nitrogens with one attached hydrogen (secondary N) is 1. The van der Waals surface area contributed by atoms with E-state index in [9.17, 15) is 17.6 Å². The van der Waals surface area contributed by atoms with Crippen LogP contribution in [0.25, 0.3) is 22.0 Å². The SMILES string of the molecule is C[C@@H](Nc1ccnc2ccc(-c3ccc(F)cc3)cc12)c1cnc(C(F)(F)F)nc1. The molecule has 152 valence electrons. The summed E-state index contributed by atoms with van der Waals surface area (Å²) in [5, 5.41) is 4.12. The van der Waals surface area contributed by atoms with Crippen LogP contribution >= 0.6 is 0 Å². The number of rotatable bonds is 4. The van der Waals surface area contributed by atoms with Crippen LogP contribution in [0.1, 0.15) is 24.4 Å². The molecule has 30 heavy (non-hydrogen) atoms. The van der Waals surface area contributed by atoms with Gasteiger partial charge in [-0.15, -0.1) is 0 Å². The molecule has 0 amide bonds. The summed E-state index contributed by atoms with van der Waals surface area (Å²) < 4.78 is 51.2. The number of pyridine rings is 1. The number of aromatic nitrogens is 3. The van der Waals surface area contributed by atoms with Gasteiger partial charge >= 0.3 is 6.18 Å². The van der Waals surface area contributed by atoms with Crippen molar-refractivity contribution in [1.82, 2.24) is 15.0 Å². The minimum Gasteiger partial charge on any atom is -0.378 e. The number of hydrogen-bond donors (Lipinski definition) is 1. The molecule has 4 nitrogen and oxygen atoms in total. The van der Waals surface area contributed by atoms with Crippen LogP contribution in [0, 0.1) is 5.82 Å². The Labute approximate surface area is 169 Å². The van der Waals surface area contributed by atoms with Gasteiger partial charge in [0.15, 0.2) is 0 Å². The Hall–Kier alpha value is -3.55. The van der Waals surface area contributed by atoms with Crippen LogP contribution in [-0.2, 0) is 6.18 Å². The lowest BCUT2D eigenvalue weighted by molar-refractivity contribution is -0.145. The van der Waals surface area contributed by atoms with E-state index in [2.05, 4.69) is 20.3 Å². The number of hydrogen-bond acceptors (Lipinski definition) is 4. The molecule has 1 N–H and O–H groups in total. The Morgan fingerprint density at radius 1 is 0.867 bits per heavy atom. The van der Waals surface area contributed by atoms with Crippen LogP contribution in [0.3, 0.4) is 0 Å². The predicted octanol–water partition coefficient (Wildman–Crippen LogP) is 6.02. The lowest BCUT2D eigenvalue weighted by atomic mass is 10.0. The molecule has 4 rings (SSSR count). The van der Waals surface area contributed by atoms with Crippen molar-refractivity contribution in [2.75, 3.05) is 5.32 Å². The first-order valence-electron chi connectivity index (χ1n) is 9.11. The lowest BCUT2D eigenvalue weighted by Gasteiger charge is -2.17. The number of alkyl halides is 3. The molecular formula is C22H16F4N4. The van der Waals surface area contributed by atoms with E-state index in [1.54, 1.807) is 24.4 Å². The van der Waals surface area contributed by atoms with Crippen LogP contribution in [0.4, 0.5) is 23.2 Å². The highest BCUT2D eigenvalue weighted by Gasteiger charge is 2.34. The van der Waals surface area contributed by atoms with Crippen LogP contribution in [0.15, 0.2) is 67.1 Å². The fraction of sp³-hybridized carbons (Fsp3) is 0.136. The Kier molecular flexibility index (Phi) is 5.07. The number of benzene rings is 2. The molecule has 0 saturated carbocycles. The van der Waals surface area contributed by atoms with Gasteiger partial charge in [-0.25, -0.2) is 14.4 Å². The van der Waals surface area contributed by atoms with E-state index in [-0.39, 0.29) is 11.9 Å². The van der Waals surface area contributed by atoms with Gasteiger partial charge in [-0.2, -0.15) is 13.2 Å². The fourth-order valence-corrected chi connectivity index (χ4v) is 3.12. The highest BCUT2D eigenvalue weighted by atomic mass is 19.4. The number of fused-ring (bicyclic) bond motifs is 1. The maximum atomic E-state index is 13.2. The topological polar surface area (TPSA) is 50.7 Å². The van der Waals surface area contributed by atoms with Gasteiger partial charge in [0, 0.05) is 35.2 Å². The molecule has 2 aromatic carbocycles. The smallest absolute Gasteiger partial charge is 0.378 e. The van der Waals surface area contributed by atoms with Crippen molar-refractivity contribution >= 4 is 16.6 Å². The molecule has 8 heteroatoms. The first-order valence-corrected chi connectivity index (χ1v) is 9.11. The summed E-state index contributed by atoms with van der Waals surface area (Å²) in [6.07, 6.45) is -0.590. The third-order valence-electron chi connectivity index (χ3n) is 4.72. The van der Waals surface area contributed by atoms with Crippen LogP contribution < -0.4 is 5.32 Å². The van der Waals surface area contributed by atoms with E-state index >= 15 is 0 Å². The molecule has 2 heterocycles. The minimum absolute atomic E-state index is 0.309. The number of anilines is 1. The average Bonchev–Trinajstić information content (AvgIpc) is 2.74. The van der Waals surface area contributed by atoms with Crippen molar-refractivity contribution in [3.63, 3.8) is 0 Å². The molecular weight excluding hydrogens is 396 g/mol. The van der Waals surface area contributed by atoms with Gasteiger partial charge in [0.05, 0.1) is 11.6 Å². The molecule has 0 radical (unpaired) electrons. The van der Waals surface area contributed by atoms with Gasteiger partial charge in [0.25, 0.3) is 0 Å². The second kappa shape index (κ2) is 7.70. The fourth-order valence-electron chi connectivity index (χ4n) is 3.12. The van der Waals surface area contributed by atoms with Crippen LogP contribution in [-0.4, -0.2) is 15.0 Å². The summed E-state index contributed by atoms with van der Waals surface area (Å²) in [4.78, 5) is 11.2. The first-order chi connectivity index (χ1) is 14.3. The summed E-state index contributed by atoms with van der Waals surface area (Å²) >= 11 is 0. The highest BCUT2D eigenvalue weighted by molar-refractivity contribution is 5.94. The largest absolute Gasteiger partial charge is 0.451 e. The Morgan fingerprint density at radius 2 is 1.53 bits per heavy atom. The van der Waals surface area contributed by atoms with Gasteiger partial charge in [-0.3, -0.25) is 4.98 Å². The number of halogens is 4. The Balaban J connectivity index is 1.65. The summed E-state index contributed by atoms with van der Waals surface area (Å²) in [5.74, 6) is -1.48. The molecule has 1 atom stereocenters. The molecule has 2 aromatic heterocycles. The monoisotopic (exact) mass is 412 g/mol. The van der Waals surface area contributed by atoms with Gasteiger partial charge in [-0.05, 0) is 48.4 Å². The van der Waals surface area contributed by atoms with E-state index in [0.717, 1.165) is 27.7 Å². The van der Waals surface area contributed by atoms with E-state index in [0.29, 0.717) is 5.56 Å². The van der Waals surface area contributed by atoms with Crippen molar-refractivity contribution in [2.24, 2.45) is 0 Å². The van der Waals surface area contributed by atoms with Crippen molar-refractivity contribution in [2.45, 2.75) is 19.1 Å². The van der Waals surface area contributed by atoms with Crippen molar-refractivity contribution in [1.29, 1.82) is 0 Å². The highest BCUT2D eigenvalue weighted by Crippen LogP contribution is 2.31. The third kappa shape index (κ3) is 4.07. The quantitative estimate of drug-likeness (QED) is 0.416. The van der Waals surface area contributed by atoms with Crippen LogP contribution in [0.5, 0.6) is 0 Å². The molecule has 0 aliphatic carbocycles.